The Balaban J connectivity index is 1.20. The molecule has 0 radical (unpaired) electrons. The summed E-state index contributed by atoms with van der Waals surface area (Å²) in [6, 6.07) is 57.9. The van der Waals surface area contributed by atoms with E-state index in [1.54, 1.807) is 0 Å². The highest BCUT2D eigenvalue weighted by atomic mass is 32.1. The monoisotopic (exact) mass is 626 g/mol. The Morgan fingerprint density at radius 2 is 0.854 bits per heavy atom. The van der Waals surface area contributed by atoms with E-state index in [4.69, 9.17) is 4.42 Å². The lowest BCUT2D eigenvalue weighted by atomic mass is 9.85. The van der Waals surface area contributed by atoms with Crippen molar-refractivity contribution in [2.45, 2.75) is 0 Å². The van der Waals surface area contributed by atoms with Crippen molar-refractivity contribution < 1.29 is 4.42 Å². The summed E-state index contributed by atoms with van der Waals surface area (Å²) in [5.74, 6) is 0. The minimum absolute atomic E-state index is 0.916. The van der Waals surface area contributed by atoms with E-state index >= 15 is 0 Å². The van der Waals surface area contributed by atoms with Crippen LogP contribution >= 0.6 is 11.3 Å². The Kier molecular flexibility index (Phi) is 5.32. The second-order valence-corrected chi connectivity index (χ2v) is 13.9. The van der Waals surface area contributed by atoms with Gasteiger partial charge >= 0.3 is 0 Å². The molecule has 2 heterocycles. The molecule has 0 saturated carbocycles. The first-order valence-electron chi connectivity index (χ1n) is 16.4. The van der Waals surface area contributed by atoms with Crippen LogP contribution in [-0.4, -0.2) is 0 Å². The second kappa shape index (κ2) is 9.78. The number of hydrogen-bond acceptors (Lipinski definition) is 2. The van der Waals surface area contributed by atoms with E-state index in [2.05, 4.69) is 158 Å². The van der Waals surface area contributed by atoms with Crippen LogP contribution in [0, 0.1) is 0 Å². The molecule has 0 N–H and O–H groups in total. The van der Waals surface area contributed by atoms with E-state index in [1.807, 2.05) is 11.3 Å². The van der Waals surface area contributed by atoms with Gasteiger partial charge < -0.3 is 4.42 Å². The lowest BCUT2D eigenvalue weighted by molar-refractivity contribution is 0.669. The minimum Gasteiger partial charge on any atom is -0.456 e. The lowest BCUT2D eigenvalue weighted by Gasteiger charge is -2.18. The molecule has 2 heteroatoms. The molecule has 1 nitrogen and oxygen atoms in total. The zero-order chi connectivity index (χ0) is 31.3. The van der Waals surface area contributed by atoms with Crippen molar-refractivity contribution in [2.75, 3.05) is 0 Å². The number of rotatable bonds is 2. The molecule has 2 aromatic heterocycles. The molecule has 0 atom stereocenters. The SMILES string of the molecule is c1ccc2cc3c(cc2c1)sc1ccc(-c2c4ccccc4c(-c4ccc5oc6ccc7ccccc7c6c5c4)c4ccccc24)cc13. The number of hydrogen-bond donors (Lipinski definition) is 0. The van der Waals surface area contributed by atoms with Gasteiger partial charge in [0.1, 0.15) is 11.2 Å². The van der Waals surface area contributed by atoms with Crippen LogP contribution in [0.1, 0.15) is 0 Å². The molecule has 48 heavy (non-hydrogen) atoms. The van der Waals surface area contributed by atoms with Crippen LogP contribution < -0.4 is 0 Å². The van der Waals surface area contributed by atoms with Gasteiger partial charge in [0.25, 0.3) is 0 Å². The summed E-state index contributed by atoms with van der Waals surface area (Å²) in [6.45, 7) is 0. The maximum absolute atomic E-state index is 6.39. The lowest BCUT2D eigenvalue weighted by Crippen LogP contribution is -1.90. The zero-order valence-corrected chi connectivity index (χ0v) is 26.6. The average molecular weight is 627 g/mol. The van der Waals surface area contributed by atoms with Crippen LogP contribution in [0.3, 0.4) is 0 Å². The summed E-state index contributed by atoms with van der Waals surface area (Å²) >= 11 is 1.88. The fraction of sp³-hybridized carbons (Fsp3) is 0. The Morgan fingerprint density at radius 3 is 1.54 bits per heavy atom. The van der Waals surface area contributed by atoms with Crippen LogP contribution in [0.4, 0.5) is 0 Å². The van der Waals surface area contributed by atoms with Crippen LogP contribution in [0.5, 0.6) is 0 Å². The topological polar surface area (TPSA) is 13.1 Å². The Bertz CT molecular complexity index is 3060. The number of thiophene rings is 1. The highest BCUT2D eigenvalue weighted by Gasteiger charge is 2.19. The third kappa shape index (κ3) is 3.66. The molecule has 0 aliphatic rings. The van der Waals surface area contributed by atoms with Crippen LogP contribution in [0.25, 0.3) is 107 Å². The maximum atomic E-state index is 6.39. The molecule has 0 amide bonds. The van der Waals surface area contributed by atoms with E-state index in [1.165, 1.54) is 90.9 Å². The average Bonchev–Trinajstić information content (AvgIpc) is 3.70. The molecule has 222 valence electrons. The standard InChI is InChI=1S/C46H26OS/c1-2-11-29-26-43-38(23-28(29)10-1)37-24-31(19-22-42(37)48-43)45-35-15-7-5-13-33(35)44(34-14-6-8-16-36(34)45)30-18-20-40-39(25-30)46-32-12-4-3-9-27(32)17-21-41(46)47-40/h1-26H. The maximum Gasteiger partial charge on any atom is 0.136 e. The van der Waals surface area contributed by atoms with Gasteiger partial charge in [0.05, 0.1) is 0 Å². The molecule has 0 bridgehead atoms. The molecule has 9 aromatic carbocycles. The second-order valence-electron chi connectivity index (χ2n) is 12.8. The predicted octanol–water partition coefficient (Wildman–Crippen LogP) is 13.9. The van der Waals surface area contributed by atoms with Crippen LogP contribution in [-0.2, 0) is 0 Å². The number of furan rings is 1. The zero-order valence-electron chi connectivity index (χ0n) is 25.8. The highest BCUT2D eigenvalue weighted by Crippen LogP contribution is 2.47. The van der Waals surface area contributed by atoms with E-state index < -0.39 is 0 Å². The third-order valence-electron chi connectivity index (χ3n) is 10.2. The third-order valence-corrected chi connectivity index (χ3v) is 11.3. The molecule has 0 spiro atoms. The van der Waals surface area contributed by atoms with Gasteiger partial charge in [0.2, 0.25) is 0 Å². The largest absolute Gasteiger partial charge is 0.456 e. The van der Waals surface area contributed by atoms with E-state index in [-0.39, 0.29) is 0 Å². The van der Waals surface area contributed by atoms with Crippen molar-refractivity contribution in [3.05, 3.63) is 158 Å². The van der Waals surface area contributed by atoms with E-state index in [0.717, 1.165) is 16.6 Å². The van der Waals surface area contributed by atoms with Gasteiger partial charge in [-0.1, -0.05) is 115 Å². The fourth-order valence-corrected chi connectivity index (χ4v) is 9.19. The normalized spacial score (nSPS) is 12.2. The summed E-state index contributed by atoms with van der Waals surface area (Å²) < 4.78 is 9.04. The van der Waals surface area contributed by atoms with Gasteiger partial charge in [-0.05, 0) is 108 Å². The van der Waals surface area contributed by atoms with Gasteiger partial charge in [-0.15, -0.1) is 11.3 Å². The van der Waals surface area contributed by atoms with Crippen molar-refractivity contribution in [2.24, 2.45) is 0 Å². The molecule has 11 aromatic rings. The summed E-state index contributed by atoms with van der Waals surface area (Å²) in [5, 5.41) is 15.0. The van der Waals surface area contributed by atoms with Crippen molar-refractivity contribution in [3.8, 4) is 22.3 Å². The molecular weight excluding hydrogens is 601 g/mol. The first-order valence-corrected chi connectivity index (χ1v) is 17.2. The van der Waals surface area contributed by atoms with Crippen molar-refractivity contribution >= 4 is 96.5 Å². The molecule has 0 unspecified atom stereocenters. The molecule has 0 aliphatic carbocycles. The van der Waals surface area contributed by atoms with Gasteiger partial charge in [-0.25, -0.2) is 0 Å². The quantitative estimate of drug-likeness (QED) is 0.174. The fourth-order valence-electron chi connectivity index (χ4n) is 8.07. The molecule has 0 saturated heterocycles. The minimum atomic E-state index is 0.916. The van der Waals surface area contributed by atoms with Crippen molar-refractivity contribution in [1.82, 2.24) is 0 Å². The first-order chi connectivity index (χ1) is 23.8. The summed E-state index contributed by atoms with van der Waals surface area (Å²) in [5.41, 5.74) is 6.83. The summed E-state index contributed by atoms with van der Waals surface area (Å²) in [4.78, 5) is 0. The predicted molar refractivity (Wildman–Crippen MR) is 208 cm³/mol. The summed E-state index contributed by atoms with van der Waals surface area (Å²) in [6.07, 6.45) is 0. The van der Waals surface area contributed by atoms with E-state index in [9.17, 15) is 0 Å². The summed E-state index contributed by atoms with van der Waals surface area (Å²) in [7, 11) is 0. The Hall–Kier alpha value is -5.96. The van der Waals surface area contributed by atoms with Crippen molar-refractivity contribution in [1.29, 1.82) is 0 Å². The first kappa shape index (κ1) is 26.1. The Morgan fingerprint density at radius 1 is 0.333 bits per heavy atom. The van der Waals surface area contributed by atoms with Crippen LogP contribution in [0.2, 0.25) is 0 Å². The van der Waals surface area contributed by atoms with Gasteiger partial charge in [0.15, 0.2) is 0 Å². The Labute approximate surface area is 279 Å². The molecular formula is C46H26OS. The number of fused-ring (bicyclic) bond motifs is 11. The number of benzene rings is 9. The van der Waals surface area contributed by atoms with Crippen LogP contribution in [0.15, 0.2) is 162 Å². The molecule has 0 aliphatic heterocycles. The smallest absolute Gasteiger partial charge is 0.136 e. The van der Waals surface area contributed by atoms with Gasteiger partial charge in [-0.2, -0.15) is 0 Å². The van der Waals surface area contributed by atoms with Gasteiger partial charge in [0, 0.05) is 30.9 Å². The molecule has 11 rings (SSSR count). The molecule has 0 fully saturated rings. The van der Waals surface area contributed by atoms with Gasteiger partial charge in [-0.3, -0.25) is 0 Å². The highest BCUT2D eigenvalue weighted by molar-refractivity contribution is 7.25. The van der Waals surface area contributed by atoms with Crippen molar-refractivity contribution in [3.63, 3.8) is 0 Å². The van der Waals surface area contributed by atoms with E-state index in [0.29, 0.717) is 0 Å².